The number of nitrogens with one attached hydrogen (secondary N) is 1. The number of rotatable bonds is 6. The highest BCUT2D eigenvalue weighted by Gasteiger charge is 2.22. The summed E-state index contributed by atoms with van der Waals surface area (Å²) in [5, 5.41) is 37.9. The van der Waals surface area contributed by atoms with Crippen LogP contribution in [-0.4, -0.2) is 44.3 Å². The van der Waals surface area contributed by atoms with Crippen LogP contribution in [0.25, 0.3) is 0 Å². The van der Waals surface area contributed by atoms with E-state index in [-0.39, 0.29) is 12.0 Å². The van der Waals surface area contributed by atoms with Crippen LogP contribution in [-0.2, 0) is 9.59 Å². The lowest BCUT2D eigenvalue weighted by atomic mass is 10.1. The molecule has 0 aliphatic carbocycles. The molecule has 8 nitrogen and oxygen atoms in total. The summed E-state index contributed by atoms with van der Waals surface area (Å²) in [4.78, 5) is 33.1. The minimum Gasteiger partial charge on any atom is -0.504 e. The van der Waals surface area contributed by atoms with Gasteiger partial charge in [0, 0.05) is 12.0 Å². The average molecular weight is 283 g/mol. The molecule has 0 aromatic heterocycles. The summed E-state index contributed by atoms with van der Waals surface area (Å²) in [7, 11) is 0. The predicted molar refractivity (Wildman–Crippen MR) is 65.5 cm³/mol. The van der Waals surface area contributed by atoms with Crippen molar-refractivity contribution in [3.05, 3.63) is 23.8 Å². The molecule has 20 heavy (non-hydrogen) atoms. The average Bonchev–Trinajstić information content (AvgIpc) is 2.36. The smallest absolute Gasteiger partial charge is 0.326 e. The fourth-order valence-electron chi connectivity index (χ4n) is 1.43. The zero-order chi connectivity index (χ0) is 15.3. The second-order valence-corrected chi connectivity index (χ2v) is 4.00. The Labute approximate surface area is 113 Å². The van der Waals surface area contributed by atoms with E-state index < -0.39 is 41.8 Å². The van der Waals surface area contributed by atoms with Gasteiger partial charge in [-0.3, -0.25) is 9.59 Å². The Bertz CT molecular complexity index is 541. The highest BCUT2D eigenvalue weighted by atomic mass is 16.4. The summed E-state index contributed by atoms with van der Waals surface area (Å²) in [6, 6.07) is 1.90. The maximum atomic E-state index is 11.8. The maximum Gasteiger partial charge on any atom is 0.326 e. The third kappa shape index (κ3) is 4.16. The molecule has 0 heterocycles. The van der Waals surface area contributed by atoms with E-state index in [4.69, 9.17) is 15.3 Å². The first-order valence-corrected chi connectivity index (χ1v) is 5.58. The van der Waals surface area contributed by atoms with Gasteiger partial charge in [0.1, 0.15) is 6.04 Å². The van der Waals surface area contributed by atoms with Crippen molar-refractivity contribution in [1.82, 2.24) is 5.32 Å². The van der Waals surface area contributed by atoms with Crippen LogP contribution in [0.2, 0.25) is 0 Å². The second kappa shape index (κ2) is 6.41. The summed E-state index contributed by atoms with van der Waals surface area (Å²) in [5.41, 5.74) is -0.0538. The number of carbonyl (C=O) groups is 3. The molecule has 0 spiro atoms. The van der Waals surface area contributed by atoms with Gasteiger partial charge < -0.3 is 25.7 Å². The molecule has 0 aliphatic heterocycles. The fourth-order valence-corrected chi connectivity index (χ4v) is 1.43. The second-order valence-electron chi connectivity index (χ2n) is 4.00. The van der Waals surface area contributed by atoms with Crippen molar-refractivity contribution in [2.75, 3.05) is 0 Å². The Kier molecular flexibility index (Phi) is 4.90. The predicted octanol–water partition coefficient (Wildman–Crippen LogP) is 0.146. The maximum absolute atomic E-state index is 11.8. The van der Waals surface area contributed by atoms with E-state index in [9.17, 15) is 19.5 Å². The van der Waals surface area contributed by atoms with Crippen molar-refractivity contribution in [1.29, 1.82) is 0 Å². The van der Waals surface area contributed by atoms with Crippen LogP contribution < -0.4 is 5.32 Å². The lowest BCUT2D eigenvalue weighted by Crippen LogP contribution is -2.41. The number of carboxylic acid groups (broad SMARTS) is 2. The molecular formula is C12H13NO7. The molecule has 0 saturated heterocycles. The van der Waals surface area contributed by atoms with Gasteiger partial charge in [0.25, 0.3) is 5.91 Å². The molecule has 108 valence electrons. The van der Waals surface area contributed by atoms with Gasteiger partial charge in [-0.15, -0.1) is 0 Å². The quantitative estimate of drug-likeness (QED) is 0.467. The molecule has 0 fully saturated rings. The zero-order valence-corrected chi connectivity index (χ0v) is 10.2. The molecule has 1 amide bonds. The first-order chi connectivity index (χ1) is 9.31. The van der Waals surface area contributed by atoms with E-state index in [1.54, 1.807) is 0 Å². The van der Waals surface area contributed by atoms with Gasteiger partial charge in [-0.05, 0) is 24.6 Å². The van der Waals surface area contributed by atoms with Crippen LogP contribution in [0.4, 0.5) is 0 Å². The van der Waals surface area contributed by atoms with Crippen molar-refractivity contribution >= 4 is 17.8 Å². The molecular weight excluding hydrogens is 270 g/mol. The molecule has 0 bridgehead atoms. The molecule has 1 aromatic carbocycles. The van der Waals surface area contributed by atoms with Gasteiger partial charge in [-0.25, -0.2) is 4.79 Å². The van der Waals surface area contributed by atoms with E-state index in [1.165, 1.54) is 6.07 Å². The van der Waals surface area contributed by atoms with Gasteiger partial charge in [-0.2, -0.15) is 0 Å². The lowest BCUT2D eigenvalue weighted by Gasteiger charge is -2.13. The SMILES string of the molecule is O=C(O)CCC(NC(=O)c1ccc(O)c(O)c1)C(=O)O. The number of carbonyl (C=O) groups excluding carboxylic acids is 1. The van der Waals surface area contributed by atoms with E-state index in [0.29, 0.717) is 0 Å². The molecule has 5 N–H and O–H groups in total. The molecule has 1 atom stereocenters. The molecule has 0 aliphatic rings. The number of aliphatic carboxylic acids is 2. The van der Waals surface area contributed by atoms with E-state index >= 15 is 0 Å². The molecule has 1 aromatic rings. The largest absolute Gasteiger partial charge is 0.504 e. The van der Waals surface area contributed by atoms with Crippen molar-refractivity contribution in [3.63, 3.8) is 0 Å². The number of benzene rings is 1. The monoisotopic (exact) mass is 283 g/mol. The van der Waals surface area contributed by atoms with Crippen LogP contribution in [0.5, 0.6) is 11.5 Å². The van der Waals surface area contributed by atoms with Gasteiger partial charge in [0.15, 0.2) is 11.5 Å². The third-order valence-corrected chi connectivity index (χ3v) is 2.49. The van der Waals surface area contributed by atoms with E-state index in [2.05, 4.69) is 5.32 Å². The van der Waals surface area contributed by atoms with Gasteiger partial charge >= 0.3 is 11.9 Å². The van der Waals surface area contributed by atoms with Crippen molar-refractivity contribution < 1.29 is 34.8 Å². The zero-order valence-electron chi connectivity index (χ0n) is 10.2. The molecule has 0 saturated carbocycles. The lowest BCUT2D eigenvalue weighted by molar-refractivity contribution is -0.140. The summed E-state index contributed by atoms with van der Waals surface area (Å²) in [6.45, 7) is 0. The molecule has 1 rings (SSSR count). The van der Waals surface area contributed by atoms with Crippen LogP contribution in [0, 0.1) is 0 Å². The Morgan fingerprint density at radius 3 is 2.25 bits per heavy atom. The summed E-state index contributed by atoms with van der Waals surface area (Å²) in [5.74, 6) is -4.26. The first-order valence-electron chi connectivity index (χ1n) is 5.58. The molecule has 1 unspecified atom stereocenters. The van der Waals surface area contributed by atoms with E-state index in [1.807, 2.05) is 0 Å². The van der Waals surface area contributed by atoms with Crippen molar-refractivity contribution in [3.8, 4) is 11.5 Å². The summed E-state index contributed by atoms with van der Waals surface area (Å²) < 4.78 is 0. The fraction of sp³-hybridized carbons (Fsp3) is 0.250. The normalized spacial score (nSPS) is 11.6. The number of phenols is 2. The third-order valence-electron chi connectivity index (χ3n) is 2.49. The Balaban J connectivity index is 2.77. The number of amides is 1. The Hall–Kier alpha value is -2.77. The Morgan fingerprint density at radius 2 is 1.75 bits per heavy atom. The summed E-state index contributed by atoms with van der Waals surface area (Å²) in [6.07, 6.45) is -0.668. The first kappa shape index (κ1) is 15.3. The van der Waals surface area contributed by atoms with Crippen LogP contribution in [0.3, 0.4) is 0 Å². The molecule has 0 radical (unpaired) electrons. The van der Waals surface area contributed by atoms with Gasteiger partial charge in [-0.1, -0.05) is 0 Å². The van der Waals surface area contributed by atoms with Crippen molar-refractivity contribution in [2.45, 2.75) is 18.9 Å². The Morgan fingerprint density at radius 1 is 1.10 bits per heavy atom. The number of carboxylic acids is 2. The highest BCUT2D eigenvalue weighted by molar-refractivity contribution is 5.97. The van der Waals surface area contributed by atoms with Gasteiger partial charge in [0.2, 0.25) is 0 Å². The van der Waals surface area contributed by atoms with Crippen molar-refractivity contribution in [2.24, 2.45) is 0 Å². The number of hydrogen-bond donors (Lipinski definition) is 5. The summed E-state index contributed by atoms with van der Waals surface area (Å²) >= 11 is 0. The number of phenolic OH excluding ortho intramolecular Hbond substituents is 2. The minimum absolute atomic E-state index is 0.0538. The van der Waals surface area contributed by atoms with E-state index in [0.717, 1.165) is 12.1 Å². The highest BCUT2D eigenvalue weighted by Crippen LogP contribution is 2.24. The number of hydrogen-bond acceptors (Lipinski definition) is 5. The van der Waals surface area contributed by atoms with Crippen LogP contribution in [0.15, 0.2) is 18.2 Å². The van der Waals surface area contributed by atoms with Crippen LogP contribution in [0.1, 0.15) is 23.2 Å². The molecule has 8 heteroatoms. The number of aromatic hydroxyl groups is 2. The van der Waals surface area contributed by atoms with Gasteiger partial charge in [0.05, 0.1) is 0 Å². The standard InChI is InChI=1S/C12H13NO7/c14-8-3-1-6(5-9(8)15)11(18)13-7(12(19)20)2-4-10(16)17/h1,3,5,7,14-15H,2,4H2,(H,13,18)(H,16,17)(H,19,20). The van der Waals surface area contributed by atoms with Crippen LogP contribution >= 0.6 is 0 Å². The topological polar surface area (TPSA) is 144 Å². The minimum atomic E-state index is -1.36.